The fraction of sp³-hybridized carbons (Fsp3) is 0. The van der Waals surface area contributed by atoms with E-state index < -0.39 is 0 Å². The standard InChI is InChI=1S/2C9H7.C8H8Si.Zr/c2*1-2-5-9-7-3-6-8(9)4-1;1-2-9-8-6-4-3-5-7-8;/h2*1-7H;2-7H,1H2;/q2*-1;;+2. The first kappa shape index (κ1) is 22.0. The fourth-order valence-corrected chi connectivity index (χ4v) is 3.41. The Bertz CT molecular complexity index is 947. The van der Waals surface area contributed by atoms with Crippen molar-refractivity contribution in [2.75, 3.05) is 0 Å². The van der Waals surface area contributed by atoms with Crippen molar-refractivity contribution >= 4 is 36.3 Å². The summed E-state index contributed by atoms with van der Waals surface area (Å²) in [5.74, 6) is 0. The molecule has 0 saturated carbocycles. The van der Waals surface area contributed by atoms with Gasteiger partial charge in [0, 0.05) is 0 Å². The Balaban J connectivity index is 0.000000148. The van der Waals surface area contributed by atoms with Crippen molar-refractivity contribution in [1.29, 1.82) is 0 Å². The summed E-state index contributed by atoms with van der Waals surface area (Å²) in [6.45, 7) is 3.67. The van der Waals surface area contributed by atoms with Gasteiger partial charge in [-0.3, -0.25) is 0 Å². The second kappa shape index (κ2) is 12.2. The first-order chi connectivity index (χ1) is 13.4. The maximum absolute atomic E-state index is 3.67. The van der Waals surface area contributed by atoms with E-state index in [1.54, 1.807) is 0 Å². The molecule has 0 spiro atoms. The molecule has 0 fully saturated rings. The summed E-state index contributed by atoms with van der Waals surface area (Å²) in [6, 6.07) is 39.7. The Morgan fingerprint density at radius 2 is 1.07 bits per heavy atom. The van der Waals surface area contributed by atoms with E-state index in [2.05, 4.69) is 104 Å². The number of hydrogen-bond donors (Lipinski definition) is 0. The van der Waals surface area contributed by atoms with Crippen molar-refractivity contribution in [3.63, 3.8) is 0 Å². The molecule has 0 aromatic heterocycles. The van der Waals surface area contributed by atoms with Gasteiger partial charge in [-0.1, -0.05) is 47.7 Å². The zero-order chi connectivity index (χ0) is 18.7. The van der Waals surface area contributed by atoms with Gasteiger partial charge in [-0.2, -0.15) is 35.0 Å². The molecule has 0 saturated heterocycles. The summed E-state index contributed by atoms with van der Waals surface area (Å²) >= 11 is 0. The van der Waals surface area contributed by atoms with Crippen LogP contribution in [0.3, 0.4) is 0 Å². The molecular weight excluding hydrogens is 432 g/mol. The predicted octanol–water partition coefficient (Wildman–Crippen LogP) is 6.27. The molecule has 0 aliphatic heterocycles. The SMILES string of the molecule is C=C[Si]c1ccccc1.[Zr+2].c1ccc2[cH-]ccc2c1.c1ccc2[cH-]ccc2c1. The second-order valence-corrected chi connectivity index (χ2v) is 7.30. The van der Waals surface area contributed by atoms with Crippen LogP contribution in [-0.2, 0) is 26.2 Å². The Morgan fingerprint density at radius 3 is 1.54 bits per heavy atom. The maximum Gasteiger partial charge on any atom is 2.00 e. The van der Waals surface area contributed by atoms with E-state index in [9.17, 15) is 0 Å². The number of fused-ring (bicyclic) bond motifs is 2. The van der Waals surface area contributed by atoms with Crippen molar-refractivity contribution in [1.82, 2.24) is 0 Å². The predicted molar refractivity (Wildman–Crippen MR) is 121 cm³/mol. The van der Waals surface area contributed by atoms with E-state index >= 15 is 0 Å². The minimum atomic E-state index is 0. The average molecular weight is 454 g/mol. The van der Waals surface area contributed by atoms with E-state index in [4.69, 9.17) is 0 Å². The Morgan fingerprint density at radius 1 is 0.607 bits per heavy atom. The normalized spacial score (nSPS) is 9.43. The summed E-state index contributed by atoms with van der Waals surface area (Å²) in [6.07, 6.45) is 0. The van der Waals surface area contributed by atoms with Gasteiger partial charge in [0.15, 0.2) is 0 Å². The van der Waals surface area contributed by atoms with Gasteiger partial charge in [0.05, 0.1) is 0 Å². The first-order valence-corrected chi connectivity index (χ1v) is 10.1. The van der Waals surface area contributed by atoms with Crippen LogP contribution in [0.4, 0.5) is 0 Å². The van der Waals surface area contributed by atoms with Gasteiger partial charge in [0.2, 0.25) is 0 Å². The molecule has 0 heterocycles. The molecule has 2 radical (unpaired) electrons. The molecule has 5 aromatic carbocycles. The number of rotatable bonds is 2. The first-order valence-electron chi connectivity index (χ1n) is 9.00. The molecule has 5 aromatic rings. The van der Waals surface area contributed by atoms with Gasteiger partial charge in [-0.15, -0.1) is 71.6 Å². The van der Waals surface area contributed by atoms with Gasteiger partial charge >= 0.3 is 26.2 Å². The molecule has 28 heavy (non-hydrogen) atoms. The van der Waals surface area contributed by atoms with E-state index in [-0.39, 0.29) is 26.2 Å². The van der Waals surface area contributed by atoms with E-state index in [1.165, 1.54) is 26.7 Å². The Hall–Kier alpha value is -2.28. The minimum Gasteiger partial charge on any atom is -0.168 e. The summed E-state index contributed by atoms with van der Waals surface area (Å²) in [7, 11) is 0.751. The third kappa shape index (κ3) is 6.71. The van der Waals surface area contributed by atoms with Crippen LogP contribution in [0.5, 0.6) is 0 Å². The topological polar surface area (TPSA) is 0 Å². The van der Waals surface area contributed by atoms with Crippen LogP contribution in [0, 0.1) is 0 Å². The van der Waals surface area contributed by atoms with Gasteiger partial charge < -0.3 is 0 Å². The van der Waals surface area contributed by atoms with Crippen molar-refractivity contribution in [3.8, 4) is 0 Å². The van der Waals surface area contributed by atoms with E-state index in [0.29, 0.717) is 0 Å². The molecule has 5 rings (SSSR count). The molecule has 0 bridgehead atoms. The fourth-order valence-electron chi connectivity index (χ4n) is 2.79. The maximum atomic E-state index is 3.67. The van der Waals surface area contributed by atoms with Gasteiger partial charge in [-0.05, 0) is 0 Å². The molecule has 134 valence electrons. The van der Waals surface area contributed by atoms with Crippen LogP contribution in [0.2, 0.25) is 0 Å². The molecule has 0 unspecified atom stereocenters. The average Bonchev–Trinajstić information content (AvgIpc) is 3.39. The van der Waals surface area contributed by atoms with Crippen molar-refractivity contribution in [3.05, 3.63) is 128 Å². The quantitative estimate of drug-likeness (QED) is 0.218. The van der Waals surface area contributed by atoms with Crippen molar-refractivity contribution < 1.29 is 26.2 Å². The molecule has 0 atom stereocenters. The Kier molecular flexibility index (Phi) is 9.62. The van der Waals surface area contributed by atoms with E-state index in [0.717, 1.165) is 9.52 Å². The minimum absolute atomic E-state index is 0. The molecule has 0 N–H and O–H groups in total. The summed E-state index contributed by atoms with van der Waals surface area (Å²) < 4.78 is 0. The van der Waals surface area contributed by atoms with E-state index in [1.807, 2.05) is 23.9 Å². The van der Waals surface area contributed by atoms with Crippen molar-refractivity contribution in [2.45, 2.75) is 0 Å². The zero-order valence-corrected chi connectivity index (χ0v) is 19.2. The van der Waals surface area contributed by atoms with Crippen LogP contribution in [0.15, 0.2) is 128 Å². The Labute approximate surface area is 189 Å². The largest absolute Gasteiger partial charge is 2.00 e. The molecular formula is C26H22SiZr. The molecule has 0 aliphatic rings. The third-order valence-corrected chi connectivity index (χ3v) is 5.01. The van der Waals surface area contributed by atoms with Gasteiger partial charge in [0.25, 0.3) is 0 Å². The van der Waals surface area contributed by atoms with Gasteiger partial charge in [-0.25, -0.2) is 0 Å². The smallest absolute Gasteiger partial charge is 0.168 e. The van der Waals surface area contributed by atoms with Crippen LogP contribution in [0.25, 0.3) is 21.5 Å². The summed E-state index contributed by atoms with van der Waals surface area (Å²) in [5.41, 5.74) is 1.94. The number of hydrogen-bond acceptors (Lipinski definition) is 0. The van der Waals surface area contributed by atoms with Crippen LogP contribution in [0.1, 0.15) is 0 Å². The number of benzene rings is 3. The summed E-state index contributed by atoms with van der Waals surface area (Å²) in [5, 5.41) is 6.68. The van der Waals surface area contributed by atoms with Gasteiger partial charge in [0.1, 0.15) is 9.52 Å². The van der Waals surface area contributed by atoms with Crippen LogP contribution < -0.4 is 5.19 Å². The van der Waals surface area contributed by atoms with Crippen molar-refractivity contribution in [2.24, 2.45) is 0 Å². The monoisotopic (exact) mass is 452 g/mol. The molecule has 0 aliphatic carbocycles. The molecule has 0 amide bonds. The van der Waals surface area contributed by atoms with Crippen LogP contribution in [-0.4, -0.2) is 9.52 Å². The summed E-state index contributed by atoms with van der Waals surface area (Å²) in [4.78, 5) is 0. The third-order valence-electron chi connectivity index (χ3n) is 4.14. The van der Waals surface area contributed by atoms with Crippen LogP contribution >= 0.6 is 0 Å². The molecule has 2 heteroatoms. The second-order valence-electron chi connectivity index (χ2n) is 6.02. The zero-order valence-electron chi connectivity index (χ0n) is 15.8. The molecule has 0 nitrogen and oxygen atoms in total.